The van der Waals surface area contributed by atoms with E-state index in [9.17, 15) is 18.0 Å². The highest BCUT2D eigenvalue weighted by molar-refractivity contribution is 5.85. The summed E-state index contributed by atoms with van der Waals surface area (Å²) in [5, 5.41) is 6.38. The van der Waals surface area contributed by atoms with Crippen LogP contribution in [0.5, 0.6) is 0 Å². The van der Waals surface area contributed by atoms with Gasteiger partial charge in [-0.25, -0.2) is 0 Å². The number of rotatable bonds is 3. The molecule has 1 aromatic carbocycles. The Labute approximate surface area is 158 Å². The number of piperidine rings is 1. The average Bonchev–Trinajstić information content (AvgIpc) is 3.02. The normalized spacial score (nSPS) is 29.1. The third kappa shape index (κ3) is 4.71. The van der Waals surface area contributed by atoms with Crippen molar-refractivity contribution in [1.29, 1.82) is 0 Å². The van der Waals surface area contributed by atoms with Crippen LogP contribution in [0, 0.1) is 5.92 Å². The lowest BCUT2D eigenvalue weighted by Gasteiger charge is -2.30. The Balaban J connectivity index is 0.00000243. The first-order valence-electron chi connectivity index (χ1n) is 9.06. The Morgan fingerprint density at radius 1 is 1.19 bits per heavy atom. The summed E-state index contributed by atoms with van der Waals surface area (Å²) in [5.41, 5.74) is -0.256. The molecule has 7 heteroatoms. The van der Waals surface area contributed by atoms with Crippen molar-refractivity contribution in [3.05, 3.63) is 35.4 Å². The molecule has 1 saturated carbocycles. The van der Waals surface area contributed by atoms with Gasteiger partial charge in [-0.1, -0.05) is 24.6 Å². The van der Waals surface area contributed by atoms with Crippen molar-refractivity contribution in [2.75, 3.05) is 6.54 Å². The topological polar surface area (TPSA) is 41.1 Å². The van der Waals surface area contributed by atoms with E-state index in [0.29, 0.717) is 18.0 Å². The molecule has 0 radical (unpaired) electrons. The van der Waals surface area contributed by atoms with Crippen molar-refractivity contribution in [1.82, 2.24) is 10.6 Å². The fraction of sp³-hybridized carbons (Fsp3) is 0.632. The summed E-state index contributed by atoms with van der Waals surface area (Å²) in [5.74, 6) is -0.314. The van der Waals surface area contributed by atoms with Crippen LogP contribution < -0.4 is 10.6 Å². The van der Waals surface area contributed by atoms with E-state index in [1.165, 1.54) is 6.07 Å². The van der Waals surface area contributed by atoms with Gasteiger partial charge in [0, 0.05) is 23.9 Å². The van der Waals surface area contributed by atoms with Gasteiger partial charge in [-0.2, -0.15) is 13.2 Å². The maximum atomic E-state index is 13.3. The molecule has 2 fully saturated rings. The smallest absolute Gasteiger partial charge is 0.353 e. The van der Waals surface area contributed by atoms with Crippen LogP contribution in [0.4, 0.5) is 13.2 Å². The molecule has 1 amide bonds. The number of hydrogen-bond donors (Lipinski definition) is 2. The standard InChI is InChI=1S/C19H25F3N2O.ClH/c1-12-11-13(9-10-23-12)18(25)24-17-8-4-6-15(17)14-5-2-3-7-16(14)19(20,21)22;/h2-3,5,7,12-13,15,17,23H,4,6,8-11H2,1H3,(H,24,25);1H/t12-,13-,15?,17?;/m0./s1. The van der Waals surface area contributed by atoms with E-state index in [4.69, 9.17) is 0 Å². The van der Waals surface area contributed by atoms with Crippen LogP contribution in [0.15, 0.2) is 24.3 Å². The molecule has 146 valence electrons. The number of alkyl halides is 3. The second-order valence-electron chi connectivity index (χ2n) is 7.31. The SMILES string of the molecule is C[C@H]1C[C@@H](C(=O)NC2CCCC2c2ccccc2C(F)(F)F)CCN1.Cl. The fourth-order valence-corrected chi connectivity index (χ4v) is 4.25. The number of nitrogens with one attached hydrogen (secondary N) is 2. The first-order chi connectivity index (χ1) is 11.9. The number of carbonyl (C=O) groups excluding carboxylic acids is 1. The molecule has 1 heterocycles. The molecule has 1 aliphatic carbocycles. The van der Waals surface area contributed by atoms with Crippen LogP contribution in [-0.4, -0.2) is 24.5 Å². The Morgan fingerprint density at radius 2 is 1.92 bits per heavy atom. The van der Waals surface area contributed by atoms with Gasteiger partial charge in [-0.3, -0.25) is 4.79 Å². The molecule has 2 N–H and O–H groups in total. The first-order valence-corrected chi connectivity index (χ1v) is 9.06. The molecule has 0 aromatic heterocycles. The van der Waals surface area contributed by atoms with Crippen LogP contribution in [0.25, 0.3) is 0 Å². The zero-order chi connectivity index (χ0) is 18.0. The maximum absolute atomic E-state index is 13.3. The Hall–Kier alpha value is -1.27. The first kappa shape index (κ1) is 21.0. The number of hydrogen-bond acceptors (Lipinski definition) is 2. The Kier molecular flexibility index (Phi) is 6.97. The molecule has 26 heavy (non-hydrogen) atoms. The monoisotopic (exact) mass is 390 g/mol. The molecule has 2 unspecified atom stereocenters. The fourth-order valence-electron chi connectivity index (χ4n) is 4.25. The van der Waals surface area contributed by atoms with Gasteiger partial charge in [-0.15, -0.1) is 12.4 Å². The molecule has 1 aliphatic heterocycles. The molecule has 0 spiro atoms. The molecule has 2 aliphatic rings. The van der Waals surface area contributed by atoms with Gasteiger partial charge in [0.05, 0.1) is 5.56 Å². The summed E-state index contributed by atoms with van der Waals surface area (Å²) in [7, 11) is 0. The number of halogens is 4. The predicted octanol–water partition coefficient (Wildman–Crippen LogP) is 4.27. The van der Waals surface area contributed by atoms with Gasteiger partial charge in [0.15, 0.2) is 0 Å². The molecule has 3 nitrogen and oxygen atoms in total. The van der Waals surface area contributed by atoms with Gasteiger partial charge < -0.3 is 10.6 Å². The van der Waals surface area contributed by atoms with Crippen molar-refractivity contribution in [2.24, 2.45) is 5.92 Å². The zero-order valence-corrected chi connectivity index (χ0v) is 15.6. The Bertz CT molecular complexity index is 623. The zero-order valence-electron chi connectivity index (χ0n) is 14.8. The van der Waals surface area contributed by atoms with Crippen LogP contribution in [-0.2, 0) is 11.0 Å². The molecule has 0 bridgehead atoms. The summed E-state index contributed by atoms with van der Waals surface area (Å²) >= 11 is 0. The van der Waals surface area contributed by atoms with Gasteiger partial charge >= 0.3 is 6.18 Å². The molecule has 1 saturated heterocycles. The van der Waals surface area contributed by atoms with Crippen molar-refractivity contribution in [3.8, 4) is 0 Å². The van der Waals surface area contributed by atoms with E-state index in [1.54, 1.807) is 12.1 Å². The highest BCUT2D eigenvalue weighted by Crippen LogP contribution is 2.41. The Morgan fingerprint density at radius 3 is 2.62 bits per heavy atom. The van der Waals surface area contributed by atoms with Crippen LogP contribution in [0.1, 0.15) is 56.1 Å². The van der Waals surface area contributed by atoms with Gasteiger partial charge in [0.25, 0.3) is 0 Å². The number of benzene rings is 1. The van der Waals surface area contributed by atoms with Crippen LogP contribution in [0.2, 0.25) is 0 Å². The molecular formula is C19H26ClF3N2O. The second kappa shape index (κ2) is 8.61. The lowest BCUT2D eigenvalue weighted by Crippen LogP contribution is -2.46. The summed E-state index contributed by atoms with van der Waals surface area (Å²) in [6.45, 7) is 2.86. The molecule has 3 rings (SSSR count). The average molecular weight is 391 g/mol. The lowest BCUT2D eigenvalue weighted by atomic mass is 9.88. The van der Waals surface area contributed by atoms with E-state index in [1.807, 2.05) is 0 Å². The van der Waals surface area contributed by atoms with Crippen molar-refractivity contribution >= 4 is 18.3 Å². The lowest BCUT2D eigenvalue weighted by molar-refractivity contribution is -0.138. The second-order valence-corrected chi connectivity index (χ2v) is 7.31. The van der Waals surface area contributed by atoms with E-state index in [2.05, 4.69) is 17.6 Å². The minimum Gasteiger partial charge on any atom is -0.353 e. The summed E-state index contributed by atoms with van der Waals surface area (Å²) in [6.07, 6.45) is -0.540. The molecule has 1 aromatic rings. The minimum atomic E-state index is -4.36. The quantitative estimate of drug-likeness (QED) is 0.809. The summed E-state index contributed by atoms with van der Waals surface area (Å²) < 4.78 is 40.0. The van der Waals surface area contributed by atoms with Crippen molar-refractivity contribution in [2.45, 2.75) is 63.2 Å². The van der Waals surface area contributed by atoms with E-state index < -0.39 is 11.7 Å². The third-order valence-corrected chi connectivity index (χ3v) is 5.50. The largest absolute Gasteiger partial charge is 0.416 e. The molecular weight excluding hydrogens is 365 g/mol. The third-order valence-electron chi connectivity index (χ3n) is 5.50. The van der Waals surface area contributed by atoms with Crippen LogP contribution in [0.3, 0.4) is 0 Å². The van der Waals surface area contributed by atoms with Gasteiger partial charge in [0.1, 0.15) is 0 Å². The summed E-state index contributed by atoms with van der Waals surface area (Å²) in [6, 6.07) is 5.86. The van der Waals surface area contributed by atoms with Crippen molar-refractivity contribution < 1.29 is 18.0 Å². The molecule has 4 atom stereocenters. The summed E-state index contributed by atoms with van der Waals surface area (Å²) in [4.78, 5) is 12.6. The van der Waals surface area contributed by atoms with Crippen LogP contribution >= 0.6 is 12.4 Å². The number of amides is 1. The van der Waals surface area contributed by atoms with E-state index >= 15 is 0 Å². The maximum Gasteiger partial charge on any atom is 0.416 e. The highest BCUT2D eigenvalue weighted by atomic mass is 35.5. The van der Waals surface area contributed by atoms with Gasteiger partial charge in [-0.05, 0) is 50.8 Å². The van der Waals surface area contributed by atoms with E-state index in [-0.39, 0.29) is 36.2 Å². The number of carbonyl (C=O) groups is 1. The van der Waals surface area contributed by atoms with Crippen molar-refractivity contribution in [3.63, 3.8) is 0 Å². The minimum absolute atomic E-state index is 0. The van der Waals surface area contributed by atoms with Gasteiger partial charge in [0.2, 0.25) is 5.91 Å². The predicted molar refractivity (Wildman–Crippen MR) is 97.4 cm³/mol. The van der Waals surface area contributed by atoms with E-state index in [0.717, 1.165) is 38.3 Å². The highest BCUT2D eigenvalue weighted by Gasteiger charge is 2.39.